The number of carbonyl (C=O) groups is 1. The van der Waals surface area contributed by atoms with Crippen LogP contribution in [-0.4, -0.2) is 21.1 Å². The average Bonchev–Trinajstić information content (AvgIpc) is 3.17. The summed E-state index contributed by atoms with van der Waals surface area (Å²) in [5.41, 5.74) is 3.35. The Balaban J connectivity index is 1.40. The summed E-state index contributed by atoms with van der Waals surface area (Å²) < 4.78 is 1.16. The molecule has 0 unspecified atom stereocenters. The van der Waals surface area contributed by atoms with Crippen molar-refractivity contribution >= 4 is 27.5 Å². The van der Waals surface area contributed by atoms with Gasteiger partial charge < -0.3 is 5.32 Å². The van der Waals surface area contributed by atoms with Gasteiger partial charge in [-0.1, -0.05) is 12.1 Å². The third kappa shape index (κ3) is 2.50. The normalized spacial score (nSPS) is 17.4. The fourth-order valence-electron chi connectivity index (χ4n) is 2.93. The van der Waals surface area contributed by atoms with Gasteiger partial charge in [0.15, 0.2) is 0 Å². The molecule has 1 aliphatic rings. The van der Waals surface area contributed by atoms with Crippen LogP contribution in [-0.2, 0) is 24.2 Å². The highest BCUT2D eigenvalue weighted by atomic mass is 32.1. The molecule has 6 heteroatoms. The average molecular weight is 312 g/mol. The maximum atomic E-state index is 12.3. The minimum Gasteiger partial charge on any atom is -0.349 e. The number of rotatable bonds is 3. The molecule has 1 aromatic carbocycles. The third-order valence-electron chi connectivity index (χ3n) is 4.14. The van der Waals surface area contributed by atoms with E-state index in [1.807, 2.05) is 24.4 Å². The number of hydrogen-bond donors (Lipinski definition) is 2. The molecule has 2 aromatic heterocycles. The molecule has 0 fully saturated rings. The van der Waals surface area contributed by atoms with Crippen LogP contribution in [0.1, 0.15) is 22.7 Å². The van der Waals surface area contributed by atoms with Crippen LogP contribution in [0, 0.1) is 5.92 Å². The minimum atomic E-state index is 0.0299. The van der Waals surface area contributed by atoms with Gasteiger partial charge in [0, 0.05) is 18.0 Å². The maximum absolute atomic E-state index is 12.3. The van der Waals surface area contributed by atoms with E-state index in [1.165, 1.54) is 5.56 Å². The molecular formula is C16H16N4OS. The molecule has 0 radical (unpaired) electrons. The van der Waals surface area contributed by atoms with Gasteiger partial charge in [-0.15, -0.1) is 11.3 Å². The van der Waals surface area contributed by atoms with Crippen LogP contribution in [0.2, 0.25) is 0 Å². The second kappa shape index (κ2) is 5.53. The number of aromatic amines is 1. The number of hydrogen-bond acceptors (Lipinski definition) is 4. The third-order valence-corrected chi connectivity index (χ3v) is 5.18. The van der Waals surface area contributed by atoms with E-state index in [1.54, 1.807) is 11.3 Å². The smallest absolute Gasteiger partial charge is 0.223 e. The number of aryl methyl sites for hydroxylation is 1. The molecule has 22 heavy (non-hydrogen) atoms. The Kier molecular flexibility index (Phi) is 3.38. The summed E-state index contributed by atoms with van der Waals surface area (Å²) in [6.45, 7) is 0.504. The van der Waals surface area contributed by atoms with Crippen LogP contribution >= 0.6 is 11.3 Å². The fourth-order valence-corrected chi connectivity index (χ4v) is 3.84. The van der Waals surface area contributed by atoms with E-state index in [0.29, 0.717) is 6.54 Å². The van der Waals surface area contributed by atoms with Crippen molar-refractivity contribution < 1.29 is 4.79 Å². The standard InChI is InChI=1S/C16H16N4OS/c21-16(10-5-6-11-8-18-20-13(11)7-10)17-9-15-19-12-3-1-2-4-14(12)22-15/h1-4,8,10H,5-7,9H2,(H,17,21)(H,18,20)/t10-/m0/s1. The van der Waals surface area contributed by atoms with Gasteiger partial charge in [-0.05, 0) is 30.5 Å². The lowest BCUT2D eigenvalue weighted by molar-refractivity contribution is -0.125. The van der Waals surface area contributed by atoms with E-state index in [-0.39, 0.29) is 11.8 Å². The number of para-hydroxylation sites is 1. The second-order valence-corrected chi connectivity index (χ2v) is 6.72. The first kappa shape index (κ1) is 13.5. The van der Waals surface area contributed by atoms with Gasteiger partial charge in [-0.3, -0.25) is 9.89 Å². The van der Waals surface area contributed by atoms with Gasteiger partial charge in [0.1, 0.15) is 5.01 Å². The van der Waals surface area contributed by atoms with Crippen molar-refractivity contribution in [2.24, 2.45) is 5.92 Å². The van der Waals surface area contributed by atoms with Crippen molar-refractivity contribution in [2.75, 3.05) is 0 Å². The number of nitrogens with one attached hydrogen (secondary N) is 2. The predicted molar refractivity (Wildman–Crippen MR) is 85.6 cm³/mol. The van der Waals surface area contributed by atoms with Crippen LogP contribution in [0.4, 0.5) is 0 Å². The quantitative estimate of drug-likeness (QED) is 0.780. The van der Waals surface area contributed by atoms with Crippen molar-refractivity contribution in [1.29, 1.82) is 0 Å². The summed E-state index contributed by atoms with van der Waals surface area (Å²) in [7, 11) is 0. The molecule has 3 aromatic rings. The van der Waals surface area contributed by atoms with Gasteiger partial charge in [-0.25, -0.2) is 4.98 Å². The highest BCUT2D eigenvalue weighted by molar-refractivity contribution is 7.18. The van der Waals surface area contributed by atoms with E-state index in [4.69, 9.17) is 0 Å². The molecule has 0 bridgehead atoms. The van der Waals surface area contributed by atoms with Crippen molar-refractivity contribution in [3.05, 3.63) is 46.7 Å². The highest BCUT2D eigenvalue weighted by Crippen LogP contribution is 2.24. The number of nitrogens with zero attached hydrogens (tertiary/aromatic N) is 2. The zero-order valence-electron chi connectivity index (χ0n) is 12.0. The topological polar surface area (TPSA) is 70.7 Å². The van der Waals surface area contributed by atoms with Crippen molar-refractivity contribution in [1.82, 2.24) is 20.5 Å². The molecule has 0 spiro atoms. The SMILES string of the molecule is O=C(NCc1nc2ccccc2s1)[C@H]1CCc2cn[nH]c2C1. The summed E-state index contributed by atoms with van der Waals surface area (Å²) in [4.78, 5) is 16.9. The van der Waals surface area contributed by atoms with Gasteiger partial charge in [-0.2, -0.15) is 5.10 Å². The summed E-state index contributed by atoms with van der Waals surface area (Å²) in [5.74, 6) is 0.141. The molecule has 1 aliphatic carbocycles. The van der Waals surface area contributed by atoms with E-state index in [0.717, 1.165) is 40.2 Å². The summed E-state index contributed by atoms with van der Waals surface area (Å²) >= 11 is 1.63. The van der Waals surface area contributed by atoms with Crippen molar-refractivity contribution in [3.63, 3.8) is 0 Å². The molecule has 112 valence electrons. The molecule has 0 aliphatic heterocycles. The van der Waals surface area contributed by atoms with Gasteiger partial charge in [0.05, 0.1) is 23.0 Å². The zero-order valence-corrected chi connectivity index (χ0v) is 12.8. The highest BCUT2D eigenvalue weighted by Gasteiger charge is 2.25. The molecule has 0 saturated heterocycles. The van der Waals surface area contributed by atoms with Gasteiger partial charge >= 0.3 is 0 Å². The number of thiazole rings is 1. The fraction of sp³-hybridized carbons (Fsp3) is 0.312. The van der Waals surface area contributed by atoms with Gasteiger partial charge in [0.2, 0.25) is 5.91 Å². The number of H-pyrrole nitrogens is 1. The number of carbonyl (C=O) groups excluding carboxylic acids is 1. The van der Waals surface area contributed by atoms with E-state index in [9.17, 15) is 4.79 Å². The van der Waals surface area contributed by atoms with E-state index in [2.05, 4.69) is 26.6 Å². The van der Waals surface area contributed by atoms with Gasteiger partial charge in [0.25, 0.3) is 0 Å². The summed E-state index contributed by atoms with van der Waals surface area (Å²) in [6, 6.07) is 8.04. The largest absolute Gasteiger partial charge is 0.349 e. The van der Waals surface area contributed by atoms with Crippen molar-refractivity contribution in [2.45, 2.75) is 25.8 Å². The molecule has 5 nitrogen and oxygen atoms in total. The number of benzene rings is 1. The Hall–Kier alpha value is -2.21. The first-order valence-electron chi connectivity index (χ1n) is 7.43. The molecule has 1 atom stereocenters. The number of aromatic nitrogens is 3. The van der Waals surface area contributed by atoms with E-state index >= 15 is 0 Å². The Morgan fingerprint density at radius 3 is 3.23 bits per heavy atom. The lowest BCUT2D eigenvalue weighted by Crippen LogP contribution is -2.33. The summed E-state index contributed by atoms with van der Waals surface area (Å²) in [6.07, 6.45) is 4.43. The predicted octanol–water partition coefficient (Wildman–Crippen LogP) is 2.44. The first-order valence-corrected chi connectivity index (χ1v) is 8.24. The molecular weight excluding hydrogens is 296 g/mol. The molecule has 1 amide bonds. The zero-order chi connectivity index (χ0) is 14.9. The lowest BCUT2D eigenvalue weighted by atomic mass is 9.87. The molecule has 2 N–H and O–H groups in total. The molecule has 2 heterocycles. The minimum absolute atomic E-state index is 0.0299. The number of amides is 1. The monoisotopic (exact) mass is 312 g/mol. The lowest BCUT2D eigenvalue weighted by Gasteiger charge is -2.20. The Labute approximate surface area is 131 Å². The van der Waals surface area contributed by atoms with Crippen LogP contribution in [0.5, 0.6) is 0 Å². The molecule has 4 rings (SSSR count). The number of fused-ring (bicyclic) bond motifs is 2. The Morgan fingerprint density at radius 2 is 2.32 bits per heavy atom. The Morgan fingerprint density at radius 1 is 1.41 bits per heavy atom. The van der Waals surface area contributed by atoms with Crippen LogP contribution in [0.3, 0.4) is 0 Å². The first-order chi connectivity index (χ1) is 10.8. The summed E-state index contributed by atoms with van der Waals surface area (Å²) in [5, 5.41) is 11.0. The van der Waals surface area contributed by atoms with Crippen LogP contribution < -0.4 is 5.32 Å². The Bertz CT molecular complexity index is 789. The van der Waals surface area contributed by atoms with Crippen LogP contribution in [0.15, 0.2) is 30.5 Å². The van der Waals surface area contributed by atoms with E-state index < -0.39 is 0 Å². The maximum Gasteiger partial charge on any atom is 0.223 e. The van der Waals surface area contributed by atoms with Crippen molar-refractivity contribution in [3.8, 4) is 0 Å². The second-order valence-electron chi connectivity index (χ2n) is 5.61. The molecule has 0 saturated carbocycles. The van der Waals surface area contributed by atoms with Crippen LogP contribution in [0.25, 0.3) is 10.2 Å².